The van der Waals surface area contributed by atoms with Gasteiger partial charge in [-0.1, -0.05) is 12.1 Å². The Kier molecular flexibility index (Phi) is 8.96. The number of nitrogens with zero attached hydrogens (tertiary/aromatic N) is 4. The van der Waals surface area contributed by atoms with Crippen molar-refractivity contribution in [3.8, 4) is 22.8 Å². The first-order valence-corrected chi connectivity index (χ1v) is 13.0. The minimum absolute atomic E-state index is 0.0255. The molecule has 2 aromatic carbocycles. The molecule has 0 spiro atoms. The van der Waals surface area contributed by atoms with Crippen LogP contribution in [0.4, 0.5) is 4.39 Å². The summed E-state index contributed by atoms with van der Waals surface area (Å²) in [6.07, 6.45) is 3.43. The van der Waals surface area contributed by atoms with Crippen LogP contribution < -0.4 is 15.7 Å². The van der Waals surface area contributed by atoms with Crippen LogP contribution in [0.25, 0.3) is 17.1 Å². The van der Waals surface area contributed by atoms with Gasteiger partial charge in [-0.05, 0) is 75.5 Å². The van der Waals surface area contributed by atoms with Gasteiger partial charge in [-0.25, -0.2) is 9.18 Å². The number of hydrogen-bond donors (Lipinski definition) is 1. The van der Waals surface area contributed by atoms with Crippen LogP contribution in [0.5, 0.6) is 5.75 Å². The van der Waals surface area contributed by atoms with Gasteiger partial charge in [0.05, 0.1) is 18.9 Å². The van der Waals surface area contributed by atoms with Gasteiger partial charge in [0.2, 0.25) is 5.91 Å². The number of carbonyl (C=O) groups excluding carboxylic acids is 1. The Morgan fingerprint density at radius 1 is 1.18 bits per heavy atom. The molecule has 0 aliphatic carbocycles. The molecule has 0 saturated carbocycles. The maximum atomic E-state index is 14.1. The highest BCUT2D eigenvalue weighted by atomic mass is 19.1. The largest absolute Gasteiger partial charge is 0.494 e. The van der Waals surface area contributed by atoms with Crippen molar-refractivity contribution in [2.75, 3.05) is 33.9 Å². The van der Waals surface area contributed by atoms with E-state index in [1.54, 1.807) is 7.11 Å². The monoisotopic (exact) mass is 525 g/mol. The standard InChI is InChI=1S/C28H36FN5O4/c1-19(2)30-26(35)18-33-27(21-9-12-24(29)25(16-21)38-4)31-34(28(33)36)22-10-7-20(8-11-22)13-15-32-14-5-6-23(17-32)37-3/h7-12,16,19,23H,5-6,13-15,17-18H2,1-4H3,(H,30,35). The number of methoxy groups -OCH3 is 2. The fraction of sp³-hybridized carbons (Fsp3) is 0.464. The molecule has 1 N–H and O–H groups in total. The topological polar surface area (TPSA) is 90.6 Å². The van der Waals surface area contributed by atoms with Crippen LogP contribution in [0.1, 0.15) is 32.3 Å². The van der Waals surface area contributed by atoms with Crippen molar-refractivity contribution in [3.63, 3.8) is 0 Å². The molecule has 9 nitrogen and oxygen atoms in total. The van der Waals surface area contributed by atoms with Gasteiger partial charge in [0.1, 0.15) is 6.54 Å². The van der Waals surface area contributed by atoms with Crippen molar-refractivity contribution in [3.05, 3.63) is 64.3 Å². The number of benzene rings is 2. The van der Waals surface area contributed by atoms with Crippen LogP contribution in [-0.4, -0.2) is 71.2 Å². The lowest BCUT2D eigenvalue weighted by Gasteiger charge is -2.31. The number of aromatic nitrogens is 3. The van der Waals surface area contributed by atoms with Crippen molar-refractivity contribution < 1.29 is 18.7 Å². The normalized spacial score (nSPS) is 16.1. The van der Waals surface area contributed by atoms with Gasteiger partial charge in [0.25, 0.3) is 0 Å². The highest BCUT2D eigenvalue weighted by Crippen LogP contribution is 2.25. The number of halogens is 1. The predicted octanol–water partition coefficient (Wildman–Crippen LogP) is 3.03. The summed E-state index contributed by atoms with van der Waals surface area (Å²) in [6, 6.07) is 11.8. The summed E-state index contributed by atoms with van der Waals surface area (Å²) in [7, 11) is 3.14. The van der Waals surface area contributed by atoms with Crippen LogP contribution in [-0.2, 0) is 22.5 Å². The van der Waals surface area contributed by atoms with E-state index in [9.17, 15) is 14.0 Å². The number of likely N-dealkylation sites (tertiary alicyclic amines) is 1. The molecule has 1 unspecified atom stereocenters. The lowest BCUT2D eigenvalue weighted by atomic mass is 10.1. The molecule has 0 bridgehead atoms. The molecule has 1 aromatic heterocycles. The van der Waals surface area contributed by atoms with Gasteiger partial charge in [-0.3, -0.25) is 9.36 Å². The van der Waals surface area contributed by atoms with Gasteiger partial charge in [0.15, 0.2) is 17.4 Å². The first-order chi connectivity index (χ1) is 18.3. The molecule has 3 aromatic rings. The predicted molar refractivity (Wildman–Crippen MR) is 143 cm³/mol. The van der Waals surface area contributed by atoms with E-state index in [4.69, 9.17) is 9.47 Å². The smallest absolute Gasteiger partial charge is 0.351 e. The maximum Gasteiger partial charge on any atom is 0.351 e. The number of hydrogen-bond acceptors (Lipinski definition) is 6. The molecular formula is C28H36FN5O4. The number of amides is 1. The maximum absolute atomic E-state index is 14.1. The third-order valence-electron chi connectivity index (χ3n) is 6.72. The molecular weight excluding hydrogens is 489 g/mol. The molecule has 1 atom stereocenters. The number of nitrogens with one attached hydrogen (secondary N) is 1. The quantitative estimate of drug-likeness (QED) is 0.438. The molecule has 1 aliphatic heterocycles. The molecule has 1 aliphatic rings. The first kappa shape index (κ1) is 27.5. The van der Waals surface area contributed by atoms with Gasteiger partial charge < -0.3 is 19.7 Å². The second-order valence-corrected chi connectivity index (χ2v) is 9.89. The number of rotatable bonds is 10. The van der Waals surface area contributed by atoms with Crippen LogP contribution >= 0.6 is 0 Å². The fourth-order valence-electron chi connectivity index (χ4n) is 4.73. The number of ether oxygens (including phenoxy) is 2. The Morgan fingerprint density at radius 3 is 2.63 bits per heavy atom. The second kappa shape index (κ2) is 12.4. The minimum atomic E-state index is -0.528. The summed E-state index contributed by atoms with van der Waals surface area (Å²) in [5.74, 6) is -0.576. The zero-order chi connectivity index (χ0) is 27.2. The van der Waals surface area contributed by atoms with E-state index in [-0.39, 0.29) is 30.1 Å². The number of carbonyl (C=O) groups is 1. The lowest BCUT2D eigenvalue weighted by Crippen LogP contribution is -2.40. The Labute approximate surface area is 222 Å². The van der Waals surface area contributed by atoms with E-state index in [1.807, 2.05) is 38.1 Å². The van der Waals surface area contributed by atoms with Gasteiger partial charge in [-0.15, -0.1) is 5.10 Å². The summed E-state index contributed by atoms with van der Waals surface area (Å²) in [5, 5.41) is 7.34. The Morgan fingerprint density at radius 2 is 1.95 bits per heavy atom. The summed E-state index contributed by atoms with van der Waals surface area (Å²) >= 11 is 0. The van der Waals surface area contributed by atoms with Crippen LogP contribution in [0.2, 0.25) is 0 Å². The average molecular weight is 526 g/mol. The van der Waals surface area contributed by atoms with Gasteiger partial charge in [0, 0.05) is 31.8 Å². The highest BCUT2D eigenvalue weighted by molar-refractivity contribution is 5.76. The first-order valence-electron chi connectivity index (χ1n) is 13.0. The minimum Gasteiger partial charge on any atom is -0.494 e. The fourth-order valence-corrected chi connectivity index (χ4v) is 4.73. The number of piperidine rings is 1. The molecule has 204 valence electrons. The van der Waals surface area contributed by atoms with E-state index in [0.29, 0.717) is 17.4 Å². The average Bonchev–Trinajstić information content (AvgIpc) is 3.23. The summed E-state index contributed by atoms with van der Waals surface area (Å²) in [5.41, 5.74) is 1.73. The van der Waals surface area contributed by atoms with Crippen LogP contribution in [0.15, 0.2) is 47.3 Å². The highest BCUT2D eigenvalue weighted by Gasteiger charge is 2.21. The molecule has 1 amide bonds. The molecule has 2 heterocycles. The van der Waals surface area contributed by atoms with E-state index in [0.717, 1.165) is 44.5 Å². The van der Waals surface area contributed by atoms with E-state index >= 15 is 0 Å². The van der Waals surface area contributed by atoms with E-state index < -0.39 is 11.5 Å². The molecule has 1 fully saturated rings. The third-order valence-corrected chi connectivity index (χ3v) is 6.72. The zero-order valence-electron chi connectivity index (χ0n) is 22.4. The van der Waals surface area contributed by atoms with Gasteiger partial charge >= 0.3 is 5.69 Å². The molecule has 38 heavy (non-hydrogen) atoms. The molecule has 4 rings (SSSR count). The molecule has 10 heteroatoms. The summed E-state index contributed by atoms with van der Waals surface area (Å²) in [6.45, 7) is 6.43. The summed E-state index contributed by atoms with van der Waals surface area (Å²) in [4.78, 5) is 28.4. The third kappa shape index (κ3) is 6.49. The van der Waals surface area contributed by atoms with Gasteiger partial charge in [-0.2, -0.15) is 4.68 Å². The second-order valence-electron chi connectivity index (χ2n) is 9.89. The Bertz CT molecular complexity index is 1300. The SMILES string of the molecule is COc1cc(-c2nn(-c3ccc(CCN4CCCC(OC)C4)cc3)c(=O)n2CC(=O)NC(C)C)ccc1F. The molecule has 0 radical (unpaired) electrons. The van der Waals surface area contributed by atoms with Crippen LogP contribution in [0, 0.1) is 5.82 Å². The lowest BCUT2D eigenvalue weighted by molar-refractivity contribution is -0.122. The van der Waals surface area contributed by atoms with Crippen molar-refractivity contribution in [2.45, 2.75) is 51.8 Å². The van der Waals surface area contributed by atoms with Crippen LogP contribution in [0.3, 0.4) is 0 Å². The van der Waals surface area contributed by atoms with Crippen molar-refractivity contribution in [2.24, 2.45) is 0 Å². The van der Waals surface area contributed by atoms with Crippen molar-refractivity contribution in [1.29, 1.82) is 0 Å². The van der Waals surface area contributed by atoms with Crippen molar-refractivity contribution >= 4 is 5.91 Å². The van der Waals surface area contributed by atoms with E-state index in [1.165, 1.54) is 34.6 Å². The zero-order valence-corrected chi connectivity index (χ0v) is 22.4. The Balaban J connectivity index is 1.59. The Hall–Kier alpha value is -3.50. The van der Waals surface area contributed by atoms with Crippen molar-refractivity contribution in [1.82, 2.24) is 24.6 Å². The molecule has 1 saturated heterocycles. The van der Waals surface area contributed by atoms with E-state index in [2.05, 4.69) is 15.3 Å². The summed E-state index contributed by atoms with van der Waals surface area (Å²) < 4.78 is 27.2.